The fourth-order valence-electron chi connectivity index (χ4n) is 3.35. The van der Waals surface area contributed by atoms with Gasteiger partial charge in [0.05, 0.1) is 12.0 Å². The summed E-state index contributed by atoms with van der Waals surface area (Å²) < 4.78 is 37.9. The summed E-state index contributed by atoms with van der Waals surface area (Å²) in [7, 11) is 0. The first kappa shape index (κ1) is 19.6. The summed E-state index contributed by atoms with van der Waals surface area (Å²) in [5.74, 6) is -0.359. The van der Waals surface area contributed by atoms with E-state index in [1.54, 1.807) is 25.1 Å². The van der Waals surface area contributed by atoms with Gasteiger partial charge in [-0.2, -0.15) is 0 Å². The molecule has 2 aliphatic rings. The van der Waals surface area contributed by atoms with Crippen molar-refractivity contribution in [2.45, 2.75) is 25.0 Å². The first-order chi connectivity index (χ1) is 14.5. The molecule has 0 radical (unpaired) electrons. The third kappa shape index (κ3) is 3.86. The summed E-state index contributed by atoms with van der Waals surface area (Å²) in [5.41, 5.74) is 1.07. The maximum atomic E-state index is 13.3. The summed E-state index contributed by atoms with van der Waals surface area (Å²) in [6.45, 7) is 5.12. The van der Waals surface area contributed by atoms with Gasteiger partial charge in [0, 0.05) is 17.3 Å². The van der Waals surface area contributed by atoms with Crippen LogP contribution in [0.25, 0.3) is 0 Å². The molecule has 9 heteroatoms. The fraction of sp³-hybridized carbons (Fsp3) is 0.190. The summed E-state index contributed by atoms with van der Waals surface area (Å²) in [6.07, 6.45) is 2.79. The molecule has 7 nitrogen and oxygen atoms in total. The van der Waals surface area contributed by atoms with Crippen molar-refractivity contribution in [3.05, 3.63) is 65.6 Å². The number of anilines is 1. The van der Waals surface area contributed by atoms with E-state index in [0.717, 1.165) is 23.4 Å². The van der Waals surface area contributed by atoms with Crippen LogP contribution in [0.1, 0.15) is 18.4 Å². The largest absolute Gasteiger partial charge is 0.487 e. The van der Waals surface area contributed by atoms with Gasteiger partial charge in [0.15, 0.2) is 11.6 Å². The number of fused-ring (bicyclic) bond motifs is 3. The highest BCUT2D eigenvalue weighted by Gasteiger charge is 2.59. The minimum Gasteiger partial charge on any atom is -0.487 e. The van der Waals surface area contributed by atoms with Crippen LogP contribution in [-0.4, -0.2) is 31.2 Å². The molecule has 4 rings (SSSR count). The minimum absolute atomic E-state index is 0.0216. The van der Waals surface area contributed by atoms with Crippen LogP contribution in [-0.2, 0) is 0 Å². The van der Waals surface area contributed by atoms with E-state index in [0.29, 0.717) is 11.6 Å². The number of nitrogens with one attached hydrogen (secondary N) is 2. The Morgan fingerprint density at radius 3 is 2.80 bits per heavy atom. The smallest absolute Gasteiger partial charge is 0.319 e. The first-order valence-corrected chi connectivity index (χ1v) is 9.16. The van der Waals surface area contributed by atoms with Crippen LogP contribution in [0.15, 0.2) is 58.3 Å². The van der Waals surface area contributed by atoms with Crippen LogP contribution in [0.5, 0.6) is 11.5 Å². The van der Waals surface area contributed by atoms with Gasteiger partial charge in [-0.05, 0) is 50.0 Å². The molecular formula is C21H18F2N4O3. The van der Waals surface area contributed by atoms with E-state index < -0.39 is 17.7 Å². The van der Waals surface area contributed by atoms with Crippen LogP contribution in [0.3, 0.4) is 0 Å². The molecule has 1 aliphatic heterocycles. The SMILES string of the molecule is C=N/C=N\C(=C/C)Oc1ccc2c(c1)[C@H]1[C@H](NC(=O)Nc3ccc(F)c(F)c3)[C@H]1O2. The highest BCUT2D eigenvalue weighted by molar-refractivity contribution is 5.90. The van der Waals surface area contributed by atoms with Crippen molar-refractivity contribution >= 4 is 24.8 Å². The van der Waals surface area contributed by atoms with Gasteiger partial charge in [-0.3, -0.25) is 4.99 Å². The van der Waals surface area contributed by atoms with E-state index in [1.807, 2.05) is 6.07 Å². The molecular weight excluding hydrogens is 394 g/mol. The lowest BCUT2D eigenvalue weighted by molar-refractivity contribution is 0.246. The van der Waals surface area contributed by atoms with Crippen LogP contribution >= 0.6 is 0 Å². The van der Waals surface area contributed by atoms with E-state index in [4.69, 9.17) is 9.47 Å². The molecule has 30 heavy (non-hydrogen) atoms. The number of ether oxygens (including phenoxy) is 2. The van der Waals surface area contributed by atoms with E-state index in [9.17, 15) is 13.6 Å². The number of urea groups is 1. The van der Waals surface area contributed by atoms with Crippen molar-refractivity contribution in [3.63, 3.8) is 0 Å². The Morgan fingerprint density at radius 1 is 1.23 bits per heavy atom. The second-order valence-corrected chi connectivity index (χ2v) is 6.72. The molecule has 154 valence electrons. The molecule has 3 atom stereocenters. The number of halogens is 2. The van der Waals surface area contributed by atoms with E-state index in [1.165, 1.54) is 12.4 Å². The second-order valence-electron chi connectivity index (χ2n) is 6.72. The summed E-state index contributed by atoms with van der Waals surface area (Å²) in [6, 6.07) is 7.80. The molecule has 2 amide bonds. The van der Waals surface area contributed by atoms with Crippen LogP contribution in [0, 0.1) is 11.6 Å². The molecule has 1 fully saturated rings. The van der Waals surface area contributed by atoms with Gasteiger partial charge in [0.1, 0.15) is 23.9 Å². The minimum atomic E-state index is -1.03. The van der Waals surface area contributed by atoms with Gasteiger partial charge in [-0.15, -0.1) is 0 Å². The van der Waals surface area contributed by atoms with Gasteiger partial charge >= 0.3 is 6.03 Å². The molecule has 1 heterocycles. The van der Waals surface area contributed by atoms with Crippen LogP contribution < -0.4 is 20.1 Å². The lowest BCUT2D eigenvalue weighted by atomic mass is 10.1. The first-order valence-electron chi connectivity index (χ1n) is 9.16. The highest BCUT2D eigenvalue weighted by Crippen LogP contribution is 2.54. The number of nitrogens with zero attached hydrogens (tertiary/aromatic N) is 2. The zero-order valence-corrected chi connectivity index (χ0v) is 15.9. The number of hydrogen-bond acceptors (Lipinski definition) is 4. The molecule has 2 aromatic carbocycles. The monoisotopic (exact) mass is 412 g/mol. The second kappa shape index (κ2) is 7.94. The number of hydrogen-bond donors (Lipinski definition) is 2. The lowest BCUT2D eigenvalue weighted by Gasteiger charge is -2.12. The van der Waals surface area contributed by atoms with Gasteiger partial charge in [0.25, 0.3) is 0 Å². The topological polar surface area (TPSA) is 84.3 Å². The number of carbonyl (C=O) groups excluding carboxylic acids is 1. The molecule has 2 aromatic rings. The zero-order chi connectivity index (χ0) is 21.3. The van der Waals surface area contributed by atoms with Crippen molar-refractivity contribution < 1.29 is 23.0 Å². The predicted molar refractivity (Wildman–Crippen MR) is 108 cm³/mol. The van der Waals surface area contributed by atoms with Crippen molar-refractivity contribution in [3.8, 4) is 11.5 Å². The average molecular weight is 412 g/mol. The van der Waals surface area contributed by atoms with E-state index in [2.05, 4.69) is 27.3 Å². The Balaban J connectivity index is 1.40. The normalized spacial score (nSPS) is 21.4. The van der Waals surface area contributed by atoms with E-state index in [-0.39, 0.29) is 23.8 Å². The standard InChI is InChI=1S/C21H18F2N4O3/c1-3-17(25-10-24-2)29-12-5-7-16-13(9-12)18-19(20(18)30-16)27-21(28)26-11-4-6-14(22)15(23)8-11/h3-10,18-20H,2H2,1H3,(H2,26,27,28)/b17-3+,25-10-/t18-,19-,20-/m0/s1. The van der Waals surface area contributed by atoms with Crippen molar-refractivity contribution in [1.82, 2.24) is 5.32 Å². The molecule has 2 N–H and O–H groups in total. The Labute approximate surface area is 171 Å². The number of aliphatic imine (C=N–C) groups is 2. The third-order valence-corrected chi connectivity index (χ3v) is 4.77. The Kier molecular flexibility index (Phi) is 5.18. The van der Waals surface area contributed by atoms with Gasteiger partial charge in [-0.1, -0.05) is 0 Å². The molecule has 0 saturated heterocycles. The van der Waals surface area contributed by atoms with Crippen molar-refractivity contribution in [2.75, 3.05) is 5.32 Å². The zero-order valence-electron chi connectivity index (χ0n) is 15.9. The Bertz CT molecular complexity index is 1070. The Morgan fingerprint density at radius 2 is 2.07 bits per heavy atom. The molecule has 1 saturated carbocycles. The maximum absolute atomic E-state index is 13.3. The quantitative estimate of drug-likeness (QED) is 0.428. The summed E-state index contributed by atoms with van der Waals surface area (Å²) in [4.78, 5) is 19.8. The maximum Gasteiger partial charge on any atom is 0.319 e. The number of allylic oxidation sites excluding steroid dienone is 1. The van der Waals surface area contributed by atoms with E-state index >= 15 is 0 Å². The van der Waals surface area contributed by atoms with Crippen molar-refractivity contribution in [1.29, 1.82) is 0 Å². The van der Waals surface area contributed by atoms with Gasteiger partial charge in [0.2, 0.25) is 5.88 Å². The number of rotatable bonds is 6. The number of amides is 2. The van der Waals surface area contributed by atoms with Crippen LogP contribution in [0.4, 0.5) is 19.3 Å². The number of benzene rings is 2. The Hall–Kier alpha value is -3.75. The van der Waals surface area contributed by atoms with Gasteiger partial charge in [-0.25, -0.2) is 18.6 Å². The fourth-order valence-corrected chi connectivity index (χ4v) is 3.35. The van der Waals surface area contributed by atoms with Gasteiger partial charge < -0.3 is 20.1 Å². The third-order valence-electron chi connectivity index (χ3n) is 4.77. The molecule has 0 aromatic heterocycles. The number of carbonyl (C=O) groups is 1. The molecule has 0 spiro atoms. The summed E-state index contributed by atoms with van der Waals surface area (Å²) in [5, 5.41) is 5.28. The molecule has 0 bridgehead atoms. The predicted octanol–water partition coefficient (Wildman–Crippen LogP) is 3.98. The van der Waals surface area contributed by atoms with Crippen LogP contribution in [0.2, 0.25) is 0 Å². The molecule has 0 unspecified atom stereocenters. The highest BCUT2D eigenvalue weighted by atomic mass is 19.2. The van der Waals surface area contributed by atoms with Crippen molar-refractivity contribution in [2.24, 2.45) is 9.98 Å². The molecule has 1 aliphatic carbocycles. The summed E-state index contributed by atoms with van der Waals surface area (Å²) >= 11 is 0. The lowest BCUT2D eigenvalue weighted by Crippen LogP contribution is -2.34. The average Bonchev–Trinajstić information content (AvgIpc) is 3.24.